The zero-order valence-corrected chi connectivity index (χ0v) is 14.5. The first-order valence-corrected chi connectivity index (χ1v) is 8.61. The molecule has 1 atom stereocenters. The van der Waals surface area contributed by atoms with E-state index in [2.05, 4.69) is 15.6 Å². The molecule has 1 aromatic carbocycles. The highest BCUT2D eigenvalue weighted by Crippen LogP contribution is 2.16. The van der Waals surface area contributed by atoms with Gasteiger partial charge in [-0.3, -0.25) is 14.4 Å². The number of carboxylic acid groups (broad SMARTS) is 1. The molecule has 1 unspecified atom stereocenters. The molecular formula is C17H19N3O4S. The number of benzene rings is 1. The minimum atomic E-state index is -0.908. The van der Waals surface area contributed by atoms with Gasteiger partial charge in [0.1, 0.15) is 5.69 Å². The third-order valence-electron chi connectivity index (χ3n) is 3.39. The molecule has 0 aliphatic rings. The number of amides is 2. The van der Waals surface area contributed by atoms with Gasteiger partial charge in [0.05, 0.1) is 0 Å². The standard InChI is InChI=1S/C17H19N3O4S/c1-11(21)18-17-20-14(10-25-17)16(24)19-13(7-8-15(22)23)9-12-5-3-2-4-6-12/h2-6,10,13H,7-9H2,1H3,(H,19,24)(H,22,23)(H,18,20,21). The molecule has 0 radical (unpaired) electrons. The van der Waals surface area contributed by atoms with E-state index in [1.165, 1.54) is 6.92 Å². The molecule has 3 N–H and O–H groups in total. The number of aliphatic carboxylic acids is 1. The van der Waals surface area contributed by atoms with Crippen molar-refractivity contribution in [2.75, 3.05) is 5.32 Å². The summed E-state index contributed by atoms with van der Waals surface area (Å²) >= 11 is 1.16. The van der Waals surface area contributed by atoms with Crippen molar-refractivity contribution in [3.63, 3.8) is 0 Å². The number of rotatable bonds is 8. The lowest BCUT2D eigenvalue weighted by atomic mass is 10.0. The molecule has 0 spiro atoms. The number of carbonyl (C=O) groups excluding carboxylic acids is 2. The average Bonchev–Trinajstić information content (AvgIpc) is 3.01. The minimum Gasteiger partial charge on any atom is -0.481 e. The number of nitrogens with one attached hydrogen (secondary N) is 2. The highest BCUT2D eigenvalue weighted by atomic mass is 32.1. The van der Waals surface area contributed by atoms with Gasteiger partial charge < -0.3 is 15.7 Å². The van der Waals surface area contributed by atoms with Gasteiger partial charge in [0.15, 0.2) is 5.13 Å². The highest BCUT2D eigenvalue weighted by Gasteiger charge is 2.18. The minimum absolute atomic E-state index is 0.0357. The predicted molar refractivity (Wildman–Crippen MR) is 94.7 cm³/mol. The molecule has 0 aliphatic carbocycles. The van der Waals surface area contributed by atoms with Gasteiger partial charge in [0.25, 0.3) is 5.91 Å². The van der Waals surface area contributed by atoms with Gasteiger partial charge in [-0.25, -0.2) is 4.98 Å². The molecule has 7 nitrogen and oxygen atoms in total. The number of thiazole rings is 1. The summed E-state index contributed by atoms with van der Waals surface area (Å²) in [5.41, 5.74) is 1.21. The molecule has 8 heteroatoms. The van der Waals surface area contributed by atoms with Gasteiger partial charge in [0, 0.05) is 24.8 Å². The fourth-order valence-electron chi connectivity index (χ4n) is 2.27. The van der Waals surface area contributed by atoms with Crippen molar-refractivity contribution in [2.45, 2.75) is 32.2 Å². The molecule has 0 fully saturated rings. The summed E-state index contributed by atoms with van der Waals surface area (Å²) in [7, 11) is 0. The fraction of sp³-hybridized carbons (Fsp3) is 0.294. The Kier molecular flexibility index (Phi) is 6.64. The summed E-state index contributed by atoms with van der Waals surface area (Å²) in [5, 5.41) is 16.2. The van der Waals surface area contributed by atoms with Gasteiger partial charge in [-0.15, -0.1) is 11.3 Å². The Balaban J connectivity index is 2.03. The van der Waals surface area contributed by atoms with Crippen LogP contribution in [0.2, 0.25) is 0 Å². The van der Waals surface area contributed by atoms with Crippen LogP contribution >= 0.6 is 11.3 Å². The molecule has 0 saturated carbocycles. The zero-order valence-electron chi connectivity index (χ0n) is 13.7. The number of hydrogen-bond acceptors (Lipinski definition) is 5. The molecule has 2 rings (SSSR count). The normalized spacial score (nSPS) is 11.6. The van der Waals surface area contributed by atoms with Crippen LogP contribution in [-0.4, -0.2) is 33.9 Å². The molecule has 2 aromatic rings. The van der Waals surface area contributed by atoms with E-state index in [0.29, 0.717) is 18.0 Å². The number of anilines is 1. The summed E-state index contributed by atoms with van der Waals surface area (Å²) in [6.07, 6.45) is 0.813. The van der Waals surface area contributed by atoms with E-state index in [1.54, 1.807) is 5.38 Å². The molecule has 2 amide bonds. The van der Waals surface area contributed by atoms with Crippen molar-refractivity contribution in [1.82, 2.24) is 10.3 Å². The van der Waals surface area contributed by atoms with Gasteiger partial charge >= 0.3 is 5.97 Å². The summed E-state index contributed by atoms with van der Waals surface area (Å²) in [5.74, 6) is -1.56. The first kappa shape index (κ1) is 18.6. The van der Waals surface area contributed by atoms with Crippen molar-refractivity contribution < 1.29 is 19.5 Å². The first-order valence-electron chi connectivity index (χ1n) is 7.73. The molecule has 1 heterocycles. The third-order valence-corrected chi connectivity index (χ3v) is 4.14. The summed E-state index contributed by atoms with van der Waals surface area (Å²) in [4.78, 5) is 38.3. The first-order chi connectivity index (χ1) is 11.9. The lowest BCUT2D eigenvalue weighted by Crippen LogP contribution is -2.37. The van der Waals surface area contributed by atoms with Crippen LogP contribution in [0.25, 0.3) is 0 Å². The Morgan fingerprint density at radius 1 is 1.24 bits per heavy atom. The number of carboxylic acids is 1. The Bertz CT molecular complexity index is 745. The van der Waals surface area contributed by atoms with Crippen molar-refractivity contribution in [3.05, 3.63) is 47.0 Å². The predicted octanol–water partition coefficient (Wildman–Crippen LogP) is 2.31. The Hall–Kier alpha value is -2.74. The summed E-state index contributed by atoms with van der Waals surface area (Å²) in [6.45, 7) is 1.36. The van der Waals surface area contributed by atoms with Gasteiger partial charge in [-0.2, -0.15) is 0 Å². The molecule has 0 bridgehead atoms. The van der Waals surface area contributed by atoms with E-state index in [0.717, 1.165) is 16.9 Å². The number of nitrogens with zero attached hydrogens (tertiary/aromatic N) is 1. The van der Waals surface area contributed by atoms with E-state index in [9.17, 15) is 14.4 Å². The Labute approximate surface area is 149 Å². The van der Waals surface area contributed by atoms with Crippen molar-refractivity contribution in [1.29, 1.82) is 0 Å². The van der Waals surface area contributed by atoms with E-state index in [1.807, 2.05) is 30.3 Å². The van der Waals surface area contributed by atoms with E-state index in [-0.39, 0.29) is 30.0 Å². The van der Waals surface area contributed by atoms with Gasteiger partial charge in [-0.1, -0.05) is 30.3 Å². The van der Waals surface area contributed by atoms with Crippen molar-refractivity contribution in [2.24, 2.45) is 0 Å². The van der Waals surface area contributed by atoms with Crippen molar-refractivity contribution >= 4 is 34.3 Å². The average molecular weight is 361 g/mol. The summed E-state index contributed by atoms with van der Waals surface area (Å²) < 4.78 is 0. The van der Waals surface area contributed by atoms with Crippen LogP contribution in [0, 0.1) is 0 Å². The van der Waals surface area contributed by atoms with Crippen LogP contribution in [-0.2, 0) is 16.0 Å². The topological polar surface area (TPSA) is 108 Å². The van der Waals surface area contributed by atoms with E-state index < -0.39 is 5.97 Å². The molecule has 0 saturated heterocycles. The maximum absolute atomic E-state index is 12.4. The van der Waals surface area contributed by atoms with Crippen LogP contribution in [0.1, 0.15) is 35.8 Å². The maximum atomic E-state index is 12.4. The number of hydrogen-bond donors (Lipinski definition) is 3. The Morgan fingerprint density at radius 2 is 1.96 bits per heavy atom. The second-order valence-corrected chi connectivity index (χ2v) is 6.37. The zero-order chi connectivity index (χ0) is 18.2. The molecular weight excluding hydrogens is 342 g/mol. The number of carbonyl (C=O) groups is 3. The smallest absolute Gasteiger partial charge is 0.303 e. The highest BCUT2D eigenvalue weighted by molar-refractivity contribution is 7.14. The second kappa shape index (κ2) is 8.93. The summed E-state index contributed by atoms with van der Waals surface area (Å²) in [6, 6.07) is 9.22. The van der Waals surface area contributed by atoms with Crippen LogP contribution in [0.5, 0.6) is 0 Å². The van der Waals surface area contributed by atoms with Crippen LogP contribution in [0.15, 0.2) is 35.7 Å². The van der Waals surface area contributed by atoms with Gasteiger partial charge in [-0.05, 0) is 18.4 Å². The fourth-order valence-corrected chi connectivity index (χ4v) is 3.00. The molecule has 25 heavy (non-hydrogen) atoms. The Morgan fingerprint density at radius 3 is 2.60 bits per heavy atom. The lowest BCUT2D eigenvalue weighted by molar-refractivity contribution is -0.137. The number of aromatic nitrogens is 1. The molecule has 0 aliphatic heterocycles. The monoisotopic (exact) mass is 361 g/mol. The van der Waals surface area contributed by atoms with Gasteiger partial charge in [0.2, 0.25) is 5.91 Å². The van der Waals surface area contributed by atoms with Crippen LogP contribution in [0.3, 0.4) is 0 Å². The maximum Gasteiger partial charge on any atom is 0.303 e. The van der Waals surface area contributed by atoms with Crippen LogP contribution < -0.4 is 10.6 Å². The lowest BCUT2D eigenvalue weighted by Gasteiger charge is -2.17. The SMILES string of the molecule is CC(=O)Nc1nc(C(=O)NC(CCC(=O)O)Cc2ccccc2)cs1. The third kappa shape index (κ3) is 6.34. The second-order valence-electron chi connectivity index (χ2n) is 5.51. The van der Waals surface area contributed by atoms with Crippen LogP contribution in [0.4, 0.5) is 5.13 Å². The largest absolute Gasteiger partial charge is 0.481 e. The van der Waals surface area contributed by atoms with E-state index >= 15 is 0 Å². The van der Waals surface area contributed by atoms with E-state index in [4.69, 9.17) is 5.11 Å². The molecule has 1 aromatic heterocycles. The quantitative estimate of drug-likeness (QED) is 0.668. The molecule has 132 valence electrons. The van der Waals surface area contributed by atoms with Crippen molar-refractivity contribution in [3.8, 4) is 0 Å².